The van der Waals surface area contributed by atoms with Gasteiger partial charge < -0.3 is 9.72 Å². The third kappa shape index (κ3) is 3.76. The summed E-state index contributed by atoms with van der Waals surface area (Å²) in [6.07, 6.45) is 0. The highest BCUT2D eigenvalue weighted by molar-refractivity contribution is 6.08. The molecule has 3 aromatic carbocycles. The first kappa shape index (κ1) is 20.0. The molecule has 0 aliphatic carbocycles. The maximum absolute atomic E-state index is 12.6. The van der Waals surface area contributed by atoms with E-state index in [2.05, 4.69) is 62.2 Å². The summed E-state index contributed by atoms with van der Waals surface area (Å²) >= 11 is 0. The van der Waals surface area contributed by atoms with Gasteiger partial charge in [0.25, 0.3) is 0 Å². The molecule has 4 rings (SSSR count). The van der Waals surface area contributed by atoms with E-state index in [0.29, 0.717) is 12.3 Å². The smallest absolute Gasteiger partial charge is 0.355 e. The Hall–Kier alpha value is -3.33. The first-order valence-corrected chi connectivity index (χ1v) is 10.4. The van der Waals surface area contributed by atoms with Crippen LogP contribution in [0.4, 0.5) is 0 Å². The second kappa shape index (κ2) is 7.83. The lowest BCUT2D eigenvalue weighted by Gasteiger charge is -2.19. The van der Waals surface area contributed by atoms with Crippen molar-refractivity contribution >= 4 is 16.9 Å². The Bertz CT molecular complexity index is 1180. The first-order valence-electron chi connectivity index (χ1n) is 10.4. The average Bonchev–Trinajstić information content (AvgIpc) is 3.13. The average molecular weight is 398 g/mol. The lowest BCUT2D eigenvalue weighted by Crippen LogP contribution is -2.10. The molecule has 0 bridgehead atoms. The standard InChI is InChI=1S/C27H27NO2/c1-5-30-26(29)25-24(19-9-7-6-8-10-19)22-17-20(13-16-23(22)28-25)18-11-14-21(15-12-18)27(2,3)4/h6-17,28H,5H2,1-4H3. The Labute approximate surface area is 177 Å². The fraction of sp³-hybridized carbons (Fsp3) is 0.222. The summed E-state index contributed by atoms with van der Waals surface area (Å²) in [5.74, 6) is -0.330. The van der Waals surface area contributed by atoms with Crippen LogP contribution in [0.2, 0.25) is 0 Å². The van der Waals surface area contributed by atoms with E-state index in [0.717, 1.165) is 33.2 Å². The lowest BCUT2D eigenvalue weighted by molar-refractivity contribution is 0.0521. The van der Waals surface area contributed by atoms with E-state index in [-0.39, 0.29) is 11.4 Å². The van der Waals surface area contributed by atoms with Crippen molar-refractivity contribution in [3.05, 3.63) is 84.1 Å². The van der Waals surface area contributed by atoms with Gasteiger partial charge in [0.05, 0.1) is 6.61 Å². The molecule has 0 saturated carbocycles. The molecular weight excluding hydrogens is 370 g/mol. The van der Waals surface area contributed by atoms with E-state index >= 15 is 0 Å². The summed E-state index contributed by atoms with van der Waals surface area (Å²) in [6.45, 7) is 8.82. The van der Waals surface area contributed by atoms with Gasteiger partial charge >= 0.3 is 5.97 Å². The molecule has 0 aliphatic heterocycles. The molecule has 0 unspecified atom stereocenters. The van der Waals surface area contributed by atoms with E-state index < -0.39 is 0 Å². The molecule has 0 amide bonds. The second-order valence-electron chi connectivity index (χ2n) is 8.55. The summed E-state index contributed by atoms with van der Waals surface area (Å²) in [7, 11) is 0. The topological polar surface area (TPSA) is 42.1 Å². The number of aromatic amines is 1. The number of benzene rings is 3. The predicted molar refractivity (Wildman–Crippen MR) is 124 cm³/mol. The molecule has 152 valence electrons. The Morgan fingerprint density at radius 1 is 0.867 bits per heavy atom. The van der Waals surface area contributed by atoms with E-state index in [9.17, 15) is 4.79 Å². The SMILES string of the molecule is CCOC(=O)c1[nH]c2ccc(-c3ccc(C(C)(C)C)cc3)cc2c1-c1ccccc1. The van der Waals surface area contributed by atoms with E-state index in [1.54, 1.807) is 0 Å². The van der Waals surface area contributed by atoms with Gasteiger partial charge in [-0.3, -0.25) is 0 Å². The highest BCUT2D eigenvalue weighted by Gasteiger charge is 2.21. The van der Waals surface area contributed by atoms with E-state index in [1.807, 2.05) is 43.3 Å². The number of aromatic nitrogens is 1. The normalized spacial score (nSPS) is 11.6. The van der Waals surface area contributed by atoms with Crippen molar-refractivity contribution in [2.75, 3.05) is 6.61 Å². The largest absolute Gasteiger partial charge is 0.461 e. The fourth-order valence-electron chi connectivity index (χ4n) is 3.80. The molecule has 4 aromatic rings. The molecule has 0 fully saturated rings. The molecule has 0 spiro atoms. The second-order valence-corrected chi connectivity index (χ2v) is 8.55. The van der Waals surface area contributed by atoms with E-state index in [1.165, 1.54) is 5.56 Å². The number of carbonyl (C=O) groups excluding carboxylic acids is 1. The van der Waals surface area contributed by atoms with Gasteiger partial charge in [-0.2, -0.15) is 0 Å². The van der Waals surface area contributed by atoms with Gasteiger partial charge in [0.15, 0.2) is 0 Å². The highest BCUT2D eigenvalue weighted by atomic mass is 16.5. The van der Waals surface area contributed by atoms with Crippen LogP contribution in [0.15, 0.2) is 72.8 Å². The van der Waals surface area contributed by atoms with Crippen LogP contribution in [0, 0.1) is 0 Å². The third-order valence-corrected chi connectivity index (χ3v) is 5.42. The van der Waals surface area contributed by atoms with Gasteiger partial charge in [0.1, 0.15) is 5.69 Å². The maximum Gasteiger partial charge on any atom is 0.355 e. The van der Waals surface area contributed by atoms with Crippen molar-refractivity contribution in [1.29, 1.82) is 0 Å². The summed E-state index contributed by atoms with van der Waals surface area (Å²) in [4.78, 5) is 15.9. The molecular formula is C27H27NO2. The number of fused-ring (bicyclic) bond motifs is 1. The van der Waals surface area contributed by atoms with Crippen molar-refractivity contribution in [3.8, 4) is 22.3 Å². The summed E-state index contributed by atoms with van der Waals surface area (Å²) < 4.78 is 5.31. The van der Waals surface area contributed by atoms with Gasteiger partial charge in [-0.1, -0.05) is 81.4 Å². The monoisotopic (exact) mass is 397 g/mol. The zero-order valence-electron chi connectivity index (χ0n) is 18.0. The van der Waals surface area contributed by atoms with Crippen LogP contribution < -0.4 is 0 Å². The van der Waals surface area contributed by atoms with Crippen molar-refractivity contribution in [2.45, 2.75) is 33.1 Å². The summed E-state index contributed by atoms with van der Waals surface area (Å²) in [5.41, 5.74) is 7.01. The number of esters is 1. The molecule has 3 heteroatoms. The Morgan fingerprint density at radius 3 is 2.17 bits per heavy atom. The molecule has 0 aliphatic rings. The Balaban J connectivity index is 1.87. The maximum atomic E-state index is 12.6. The number of nitrogens with one attached hydrogen (secondary N) is 1. The van der Waals surface area contributed by atoms with Gasteiger partial charge in [-0.25, -0.2) is 4.79 Å². The minimum absolute atomic E-state index is 0.123. The minimum atomic E-state index is -0.330. The van der Waals surface area contributed by atoms with Crippen LogP contribution in [0.25, 0.3) is 33.2 Å². The zero-order chi connectivity index (χ0) is 21.3. The minimum Gasteiger partial charge on any atom is -0.461 e. The first-order chi connectivity index (χ1) is 14.4. The van der Waals surface area contributed by atoms with Crippen molar-refractivity contribution in [2.24, 2.45) is 0 Å². The van der Waals surface area contributed by atoms with Gasteiger partial charge in [-0.15, -0.1) is 0 Å². The van der Waals surface area contributed by atoms with Crippen molar-refractivity contribution in [3.63, 3.8) is 0 Å². The van der Waals surface area contributed by atoms with Crippen molar-refractivity contribution < 1.29 is 9.53 Å². The van der Waals surface area contributed by atoms with Crippen molar-refractivity contribution in [1.82, 2.24) is 4.98 Å². The highest BCUT2D eigenvalue weighted by Crippen LogP contribution is 2.36. The number of hydrogen-bond donors (Lipinski definition) is 1. The summed E-state index contributed by atoms with van der Waals surface area (Å²) in [5, 5.41) is 1.02. The van der Waals surface area contributed by atoms with Gasteiger partial charge in [0.2, 0.25) is 0 Å². The molecule has 3 nitrogen and oxygen atoms in total. The van der Waals surface area contributed by atoms with Gasteiger partial charge in [0, 0.05) is 16.5 Å². The molecule has 0 atom stereocenters. The Kier molecular flexibility index (Phi) is 5.21. The number of hydrogen-bond acceptors (Lipinski definition) is 2. The molecule has 0 saturated heterocycles. The number of H-pyrrole nitrogens is 1. The molecule has 0 radical (unpaired) electrons. The molecule has 1 N–H and O–H groups in total. The molecule has 1 aromatic heterocycles. The number of ether oxygens (including phenoxy) is 1. The third-order valence-electron chi connectivity index (χ3n) is 5.42. The van der Waals surface area contributed by atoms with Crippen LogP contribution in [-0.4, -0.2) is 17.6 Å². The quantitative estimate of drug-likeness (QED) is 0.378. The van der Waals surface area contributed by atoms with Crippen LogP contribution in [0.5, 0.6) is 0 Å². The van der Waals surface area contributed by atoms with Crippen LogP contribution in [-0.2, 0) is 10.2 Å². The zero-order valence-corrected chi connectivity index (χ0v) is 18.0. The van der Waals surface area contributed by atoms with E-state index in [4.69, 9.17) is 4.74 Å². The van der Waals surface area contributed by atoms with Crippen LogP contribution in [0.1, 0.15) is 43.7 Å². The molecule has 30 heavy (non-hydrogen) atoms. The Morgan fingerprint density at radius 2 is 1.53 bits per heavy atom. The summed E-state index contributed by atoms with van der Waals surface area (Å²) in [6, 6.07) is 25.0. The van der Waals surface area contributed by atoms with Crippen LogP contribution in [0.3, 0.4) is 0 Å². The van der Waals surface area contributed by atoms with Gasteiger partial charge in [-0.05, 0) is 46.7 Å². The lowest BCUT2D eigenvalue weighted by atomic mass is 9.86. The fourth-order valence-corrected chi connectivity index (χ4v) is 3.80. The molecule has 1 heterocycles. The predicted octanol–water partition coefficient (Wildman–Crippen LogP) is 6.98. The number of rotatable bonds is 4. The number of carbonyl (C=O) groups is 1. The van der Waals surface area contributed by atoms with Crippen LogP contribution >= 0.6 is 0 Å².